The van der Waals surface area contributed by atoms with Gasteiger partial charge in [0.25, 0.3) is 0 Å². The number of thiophene rings is 1. The zero-order valence-electron chi connectivity index (χ0n) is 21.1. The molecule has 1 aromatic carbocycles. The highest BCUT2D eigenvalue weighted by Gasteiger charge is 2.24. The van der Waals surface area contributed by atoms with Gasteiger partial charge < -0.3 is 10.3 Å². The summed E-state index contributed by atoms with van der Waals surface area (Å²) in [5.74, 6) is 0.00373. The Morgan fingerprint density at radius 3 is 2.79 bits per heavy atom. The topological polar surface area (TPSA) is 112 Å². The van der Waals surface area contributed by atoms with E-state index in [4.69, 9.17) is 0 Å². The predicted molar refractivity (Wildman–Crippen MR) is 151 cm³/mol. The average Bonchev–Trinajstić information content (AvgIpc) is 3.75. The van der Waals surface area contributed by atoms with Crippen molar-refractivity contribution in [2.75, 3.05) is 5.32 Å². The number of rotatable bonds is 5. The summed E-state index contributed by atoms with van der Waals surface area (Å²) in [6, 6.07) is 11.3. The van der Waals surface area contributed by atoms with E-state index in [-0.39, 0.29) is 11.8 Å². The molecule has 0 bridgehead atoms. The monoisotopic (exact) mass is 537 g/mol. The molecule has 1 aliphatic rings. The minimum absolute atomic E-state index is 0.00457. The van der Waals surface area contributed by atoms with Crippen molar-refractivity contribution < 1.29 is 9.18 Å². The molecule has 0 radical (unpaired) electrons. The number of nitrogens with one attached hydrogen (secondary N) is 3. The first-order valence-electron chi connectivity index (χ1n) is 12.9. The maximum Gasteiger partial charge on any atom is 0.227 e. The Bertz CT molecular complexity index is 1860. The number of H-pyrrole nitrogens is 2. The van der Waals surface area contributed by atoms with E-state index in [0.29, 0.717) is 44.9 Å². The van der Waals surface area contributed by atoms with Crippen LogP contribution in [0.15, 0.2) is 55.0 Å². The van der Waals surface area contributed by atoms with Crippen molar-refractivity contribution in [3.63, 3.8) is 0 Å². The number of nitrogens with zero attached hydrogens (tertiary/aromatic N) is 4. The third-order valence-electron chi connectivity index (χ3n) is 7.33. The highest BCUT2D eigenvalue weighted by molar-refractivity contribution is 7.15. The lowest BCUT2D eigenvalue weighted by molar-refractivity contribution is -0.119. The van der Waals surface area contributed by atoms with Gasteiger partial charge in [-0.15, -0.1) is 11.3 Å². The summed E-state index contributed by atoms with van der Waals surface area (Å²) in [5.41, 5.74) is 4.69. The highest BCUT2D eigenvalue weighted by Crippen LogP contribution is 2.37. The molecule has 1 aliphatic carbocycles. The number of fused-ring (bicyclic) bond motifs is 2. The van der Waals surface area contributed by atoms with Gasteiger partial charge in [0.1, 0.15) is 11.5 Å². The van der Waals surface area contributed by atoms with Gasteiger partial charge in [0.2, 0.25) is 5.91 Å². The van der Waals surface area contributed by atoms with Crippen LogP contribution in [-0.4, -0.2) is 36.0 Å². The first kappa shape index (κ1) is 23.7. The standard InChI is InChI=1S/C29H24FN7OS/c1-15-6-9-22(39-15)20-10-11-32-27-25(20)34-28(35-27)26-23-21(36-37-26)8-7-19(24(23)30)17-12-18(14-31-13-17)33-29(38)16-4-2-3-5-16/h6-14,16H,2-5H2,1H3,(H,33,38)(H,36,37)(H,32,34,35). The van der Waals surface area contributed by atoms with Crippen molar-refractivity contribution in [2.45, 2.75) is 32.6 Å². The Morgan fingerprint density at radius 1 is 1.10 bits per heavy atom. The number of carbonyl (C=O) groups excluding carboxylic acids is 1. The van der Waals surface area contributed by atoms with Crippen molar-refractivity contribution in [2.24, 2.45) is 5.92 Å². The molecular formula is C29H24FN7OS. The molecule has 1 saturated carbocycles. The number of halogens is 1. The van der Waals surface area contributed by atoms with Gasteiger partial charge >= 0.3 is 0 Å². The Hall–Kier alpha value is -4.44. The van der Waals surface area contributed by atoms with E-state index >= 15 is 4.39 Å². The lowest BCUT2D eigenvalue weighted by atomic mass is 10.0. The third-order valence-corrected chi connectivity index (χ3v) is 8.37. The summed E-state index contributed by atoms with van der Waals surface area (Å²) < 4.78 is 16.1. The van der Waals surface area contributed by atoms with Gasteiger partial charge in [-0.2, -0.15) is 5.10 Å². The van der Waals surface area contributed by atoms with E-state index in [0.717, 1.165) is 41.6 Å². The Kier molecular flexibility index (Phi) is 5.70. The maximum atomic E-state index is 16.1. The maximum absolute atomic E-state index is 16.1. The lowest BCUT2D eigenvalue weighted by Crippen LogP contribution is -2.20. The SMILES string of the molecule is Cc1ccc(-c2ccnc3nc(-c4n[nH]c5ccc(-c6cncc(NC(=O)C7CCCC7)c6)c(F)c45)[nH]c23)s1. The number of hydrogen-bond donors (Lipinski definition) is 3. The number of hydrogen-bond acceptors (Lipinski definition) is 6. The Balaban J connectivity index is 1.28. The van der Waals surface area contributed by atoms with Gasteiger partial charge in [-0.05, 0) is 56.2 Å². The normalized spacial score (nSPS) is 14.0. The molecule has 1 amide bonds. The van der Waals surface area contributed by atoms with Gasteiger partial charge in [0, 0.05) is 44.8 Å². The lowest BCUT2D eigenvalue weighted by Gasteiger charge is -2.11. The van der Waals surface area contributed by atoms with Crippen molar-refractivity contribution in [1.29, 1.82) is 0 Å². The number of pyridine rings is 2. The van der Waals surface area contributed by atoms with Crippen molar-refractivity contribution in [1.82, 2.24) is 30.1 Å². The van der Waals surface area contributed by atoms with Crippen LogP contribution in [0.3, 0.4) is 0 Å². The van der Waals surface area contributed by atoms with E-state index in [1.807, 2.05) is 6.07 Å². The molecule has 0 spiro atoms. The summed E-state index contributed by atoms with van der Waals surface area (Å²) in [7, 11) is 0. The summed E-state index contributed by atoms with van der Waals surface area (Å²) in [5, 5.41) is 10.6. The number of aromatic amines is 2. The molecule has 0 saturated heterocycles. The first-order valence-corrected chi connectivity index (χ1v) is 13.7. The molecule has 1 fully saturated rings. The zero-order valence-corrected chi connectivity index (χ0v) is 21.9. The molecule has 7 rings (SSSR count). The number of benzene rings is 1. The summed E-state index contributed by atoms with van der Waals surface area (Å²) >= 11 is 1.69. The van der Waals surface area contributed by atoms with Crippen LogP contribution in [0.2, 0.25) is 0 Å². The fourth-order valence-electron chi connectivity index (χ4n) is 5.36. The van der Waals surface area contributed by atoms with Crippen LogP contribution in [0, 0.1) is 18.7 Å². The second-order valence-corrected chi connectivity index (χ2v) is 11.2. The molecule has 3 N–H and O–H groups in total. The van der Waals surface area contributed by atoms with Crippen LogP contribution in [0.1, 0.15) is 30.6 Å². The zero-order chi connectivity index (χ0) is 26.5. The van der Waals surface area contributed by atoms with E-state index in [9.17, 15) is 4.79 Å². The van der Waals surface area contributed by atoms with Gasteiger partial charge in [-0.3, -0.25) is 14.9 Å². The molecule has 39 heavy (non-hydrogen) atoms. The molecule has 5 heterocycles. The summed E-state index contributed by atoms with van der Waals surface area (Å²) in [6.07, 6.45) is 8.86. The van der Waals surface area contributed by atoms with E-state index < -0.39 is 5.82 Å². The quantitative estimate of drug-likeness (QED) is 0.222. The molecule has 194 valence electrons. The van der Waals surface area contributed by atoms with Gasteiger partial charge in [0.15, 0.2) is 11.5 Å². The molecule has 6 aromatic rings. The Labute approximate surface area is 226 Å². The van der Waals surface area contributed by atoms with E-state index in [1.54, 1.807) is 48.1 Å². The van der Waals surface area contributed by atoms with E-state index in [1.165, 1.54) is 4.88 Å². The van der Waals surface area contributed by atoms with Crippen molar-refractivity contribution in [3.8, 4) is 33.1 Å². The van der Waals surface area contributed by atoms with Crippen LogP contribution in [0.25, 0.3) is 55.2 Å². The second-order valence-electron chi connectivity index (χ2n) is 9.91. The predicted octanol–water partition coefficient (Wildman–Crippen LogP) is 6.87. The molecule has 0 aliphatic heterocycles. The number of imidazole rings is 1. The van der Waals surface area contributed by atoms with Gasteiger partial charge in [-0.1, -0.05) is 12.8 Å². The van der Waals surface area contributed by atoms with E-state index in [2.05, 4.69) is 54.5 Å². The largest absolute Gasteiger partial charge is 0.335 e. The number of aryl methyl sites for hydroxylation is 1. The van der Waals surface area contributed by atoms with Crippen molar-refractivity contribution in [3.05, 3.63) is 65.7 Å². The fourth-order valence-corrected chi connectivity index (χ4v) is 6.26. The summed E-state index contributed by atoms with van der Waals surface area (Å²) in [4.78, 5) is 31.6. The minimum Gasteiger partial charge on any atom is -0.335 e. The average molecular weight is 538 g/mol. The molecule has 10 heteroatoms. The van der Waals surface area contributed by atoms with Crippen LogP contribution in [-0.2, 0) is 4.79 Å². The molecule has 0 atom stereocenters. The fraction of sp³-hybridized carbons (Fsp3) is 0.207. The molecule has 8 nitrogen and oxygen atoms in total. The second kappa shape index (κ2) is 9.39. The number of carbonyl (C=O) groups is 1. The van der Waals surface area contributed by atoms with Crippen LogP contribution in [0.5, 0.6) is 0 Å². The molecule has 0 unspecified atom stereocenters. The smallest absolute Gasteiger partial charge is 0.227 e. The highest BCUT2D eigenvalue weighted by atomic mass is 32.1. The number of amides is 1. The van der Waals surface area contributed by atoms with Crippen LogP contribution < -0.4 is 5.32 Å². The number of anilines is 1. The Morgan fingerprint density at radius 2 is 1.97 bits per heavy atom. The molecular weight excluding hydrogens is 513 g/mol. The minimum atomic E-state index is -0.445. The van der Waals surface area contributed by atoms with Crippen molar-refractivity contribution >= 4 is 45.0 Å². The molecule has 5 aromatic heterocycles. The third kappa shape index (κ3) is 4.17. The van der Waals surface area contributed by atoms with Gasteiger partial charge in [0.05, 0.1) is 28.3 Å². The summed E-state index contributed by atoms with van der Waals surface area (Å²) in [6.45, 7) is 2.07. The van der Waals surface area contributed by atoms with Crippen LogP contribution in [0.4, 0.5) is 10.1 Å². The van der Waals surface area contributed by atoms with Gasteiger partial charge in [-0.25, -0.2) is 14.4 Å². The van der Waals surface area contributed by atoms with Crippen LogP contribution >= 0.6 is 11.3 Å². The first-order chi connectivity index (χ1) is 19.0. The number of aromatic nitrogens is 6.